The fourth-order valence-corrected chi connectivity index (χ4v) is 5.62. The topological polar surface area (TPSA) is 49.3 Å². The predicted molar refractivity (Wildman–Crippen MR) is 89.5 cm³/mol. The molecule has 0 aromatic heterocycles. The van der Waals surface area contributed by atoms with Crippen LogP contribution in [0, 0.1) is 0 Å². The fraction of sp³-hybridized carbons (Fsp3) is 0.647. The normalized spacial score (nSPS) is 18.6. The third-order valence-electron chi connectivity index (χ3n) is 4.75. The Morgan fingerprint density at radius 1 is 1.14 bits per heavy atom. The maximum absolute atomic E-state index is 13.3. The number of hydrogen-bond acceptors (Lipinski definition) is 3. The molecule has 1 aromatic carbocycles. The third-order valence-corrected chi connectivity index (χ3v) is 8.28. The molecule has 0 amide bonds. The molecule has 0 saturated heterocycles. The van der Waals surface area contributed by atoms with Crippen molar-refractivity contribution in [1.82, 2.24) is 5.32 Å². The van der Waals surface area contributed by atoms with Gasteiger partial charge in [0.15, 0.2) is 0 Å². The number of phenolic OH excluding ortho intramolecular Hbond substituents is 1. The Morgan fingerprint density at radius 2 is 1.71 bits per heavy atom. The summed E-state index contributed by atoms with van der Waals surface area (Å²) < 4.78 is 13.3. The lowest BCUT2D eigenvalue weighted by Crippen LogP contribution is -2.35. The third kappa shape index (κ3) is 4.11. The van der Waals surface area contributed by atoms with Crippen molar-refractivity contribution in [2.45, 2.75) is 57.8 Å². The minimum Gasteiger partial charge on any atom is -0.508 e. The number of benzene rings is 1. The standard InChI is InChI=1S/C17H28NO2P/c1-3-21(20,4-2)17(14-10-12-16(19)13-11-14)18-15-8-6-5-7-9-15/h10-13,15,17-19H,3-9H2,1-2H3. The van der Waals surface area contributed by atoms with Crippen LogP contribution in [0.5, 0.6) is 5.75 Å². The van der Waals surface area contributed by atoms with Crippen molar-refractivity contribution in [2.24, 2.45) is 0 Å². The Bertz CT molecular complexity index is 472. The van der Waals surface area contributed by atoms with Gasteiger partial charge in [0.2, 0.25) is 0 Å². The summed E-state index contributed by atoms with van der Waals surface area (Å²) in [5, 5.41) is 13.2. The zero-order valence-electron chi connectivity index (χ0n) is 13.2. The minimum atomic E-state index is -2.29. The Balaban J connectivity index is 2.25. The number of phenols is 1. The van der Waals surface area contributed by atoms with Crippen molar-refractivity contribution >= 4 is 7.14 Å². The van der Waals surface area contributed by atoms with Crippen LogP contribution in [0.25, 0.3) is 0 Å². The van der Waals surface area contributed by atoms with Crippen LogP contribution < -0.4 is 5.32 Å². The van der Waals surface area contributed by atoms with Gasteiger partial charge >= 0.3 is 0 Å². The molecule has 0 spiro atoms. The van der Waals surface area contributed by atoms with Gasteiger partial charge in [-0.25, -0.2) is 0 Å². The van der Waals surface area contributed by atoms with Gasteiger partial charge in [0.05, 0.1) is 5.78 Å². The van der Waals surface area contributed by atoms with Crippen LogP contribution in [-0.4, -0.2) is 23.5 Å². The molecule has 0 radical (unpaired) electrons. The monoisotopic (exact) mass is 309 g/mol. The van der Waals surface area contributed by atoms with Gasteiger partial charge < -0.3 is 15.0 Å². The van der Waals surface area contributed by atoms with Crippen LogP contribution in [-0.2, 0) is 4.57 Å². The first-order valence-electron chi connectivity index (χ1n) is 8.21. The molecular formula is C17H28NO2P. The summed E-state index contributed by atoms with van der Waals surface area (Å²) in [4.78, 5) is 0. The van der Waals surface area contributed by atoms with Crippen LogP contribution in [0.2, 0.25) is 0 Å². The molecule has 4 heteroatoms. The van der Waals surface area contributed by atoms with E-state index in [1.807, 2.05) is 26.0 Å². The van der Waals surface area contributed by atoms with Crippen molar-refractivity contribution < 1.29 is 9.67 Å². The van der Waals surface area contributed by atoms with E-state index in [9.17, 15) is 9.67 Å². The van der Waals surface area contributed by atoms with E-state index >= 15 is 0 Å². The van der Waals surface area contributed by atoms with Gasteiger partial charge in [-0.1, -0.05) is 45.2 Å². The second kappa shape index (κ2) is 7.47. The lowest BCUT2D eigenvalue weighted by Gasteiger charge is -2.33. The summed E-state index contributed by atoms with van der Waals surface area (Å²) in [5.41, 5.74) is 1.05. The Labute approximate surface area is 128 Å². The van der Waals surface area contributed by atoms with E-state index in [1.54, 1.807) is 12.1 Å². The Morgan fingerprint density at radius 3 is 2.24 bits per heavy atom. The number of aromatic hydroxyl groups is 1. The minimum absolute atomic E-state index is 0.0730. The molecule has 1 fully saturated rings. The number of rotatable bonds is 6. The van der Waals surface area contributed by atoms with Gasteiger partial charge in [0.25, 0.3) is 0 Å². The highest BCUT2D eigenvalue weighted by molar-refractivity contribution is 7.64. The van der Waals surface area contributed by atoms with E-state index in [4.69, 9.17) is 0 Å². The average molecular weight is 309 g/mol. The molecule has 0 heterocycles. The van der Waals surface area contributed by atoms with Crippen molar-refractivity contribution in [3.05, 3.63) is 29.8 Å². The summed E-state index contributed by atoms with van der Waals surface area (Å²) in [6, 6.07) is 7.69. The van der Waals surface area contributed by atoms with Crippen molar-refractivity contribution in [1.29, 1.82) is 0 Å². The highest BCUT2D eigenvalue weighted by atomic mass is 31.2. The largest absolute Gasteiger partial charge is 0.508 e. The number of hydrogen-bond donors (Lipinski definition) is 2. The number of nitrogens with one attached hydrogen (secondary N) is 1. The van der Waals surface area contributed by atoms with Gasteiger partial charge in [0.1, 0.15) is 12.9 Å². The Kier molecular flexibility index (Phi) is 5.89. The van der Waals surface area contributed by atoms with E-state index in [1.165, 1.54) is 32.1 Å². The summed E-state index contributed by atoms with van der Waals surface area (Å²) in [5.74, 6) is 0.189. The summed E-state index contributed by atoms with van der Waals surface area (Å²) in [7, 11) is -2.29. The predicted octanol–water partition coefficient (Wildman–Crippen LogP) is 4.72. The highest BCUT2D eigenvalue weighted by Gasteiger charge is 2.32. The molecule has 2 N–H and O–H groups in total. The van der Waals surface area contributed by atoms with Crippen molar-refractivity contribution in [3.8, 4) is 5.75 Å². The molecule has 21 heavy (non-hydrogen) atoms. The highest BCUT2D eigenvalue weighted by Crippen LogP contribution is 2.57. The molecule has 3 nitrogen and oxygen atoms in total. The molecule has 1 aromatic rings. The van der Waals surface area contributed by atoms with Gasteiger partial charge in [-0.05, 0) is 42.9 Å². The zero-order valence-corrected chi connectivity index (χ0v) is 14.1. The van der Waals surface area contributed by atoms with E-state index in [-0.39, 0.29) is 11.5 Å². The van der Waals surface area contributed by atoms with E-state index in [2.05, 4.69) is 5.32 Å². The first kappa shape index (κ1) is 16.6. The molecule has 1 aliphatic carbocycles. The molecule has 0 bridgehead atoms. The molecule has 0 aliphatic heterocycles. The molecular weight excluding hydrogens is 281 g/mol. The maximum Gasteiger partial charge on any atom is 0.115 e. The lowest BCUT2D eigenvalue weighted by molar-refractivity contribution is 0.363. The lowest BCUT2D eigenvalue weighted by atomic mass is 9.95. The zero-order chi connectivity index (χ0) is 15.3. The van der Waals surface area contributed by atoms with Crippen molar-refractivity contribution in [2.75, 3.05) is 12.3 Å². The summed E-state index contributed by atoms with van der Waals surface area (Å²) in [6.45, 7) is 4.06. The molecule has 118 valence electrons. The summed E-state index contributed by atoms with van der Waals surface area (Å²) >= 11 is 0. The molecule has 1 aliphatic rings. The van der Waals surface area contributed by atoms with Gasteiger partial charge in [-0.2, -0.15) is 0 Å². The van der Waals surface area contributed by atoms with Crippen LogP contribution >= 0.6 is 7.14 Å². The van der Waals surface area contributed by atoms with Crippen molar-refractivity contribution in [3.63, 3.8) is 0 Å². The van der Waals surface area contributed by atoms with Gasteiger partial charge in [-0.3, -0.25) is 0 Å². The second-order valence-electron chi connectivity index (χ2n) is 6.08. The van der Waals surface area contributed by atoms with Gasteiger partial charge in [0, 0.05) is 6.04 Å². The molecule has 1 unspecified atom stereocenters. The maximum atomic E-state index is 13.3. The first-order chi connectivity index (χ1) is 10.1. The fourth-order valence-electron chi connectivity index (χ4n) is 3.24. The van der Waals surface area contributed by atoms with Crippen LogP contribution in [0.4, 0.5) is 0 Å². The molecule has 2 rings (SSSR count). The van der Waals surface area contributed by atoms with E-state index in [0.29, 0.717) is 6.04 Å². The average Bonchev–Trinajstić information content (AvgIpc) is 2.54. The van der Waals surface area contributed by atoms with E-state index in [0.717, 1.165) is 17.9 Å². The quantitative estimate of drug-likeness (QED) is 0.748. The van der Waals surface area contributed by atoms with Gasteiger partial charge in [-0.15, -0.1) is 0 Å². The van der Waals surface area contributed by atoms with Crippen LogP contribution in [0.1, 0.15) is 57.3 Å². The van der Waals surface area contributed by atoms with E-state index < -0.39 is 7.14 Å². The smallest absolute Gasteiger partial charge is 0.115 e. The second-order valence-corrected chi connectivity index (χ2v) is 9.77. The van der Waals surface area contributed by atoms with Crippen LogP contribution in [0.15, 0.2) is 24.3 Å². The summed E-state index contributed by atoms with van der Waals surface area (Å²) in [6.07, 6.45) is 7.65. The molecule has 1 saturated carbocycles. The van der Waals surface area contributed by atoms with Crippen LogP contribution in [0.3, 0.4) is 0 Å². The Hall–Kier alpha value is -0.790. The molecule has 1 atom stereocenters. The SMILES string of the molecule is CCP(=O)(CC)C(NC1CCCCC1)c1ccc(O)cc1. The first-order valence-corrected chi connectivity index (χ1v) is 10.4.